The third kappa shape index (κ3) is 4.00. The van der Waals surface area contributed by atoms with Gasteiger partial charge < -0.3 is 0 Å². The SMILES string of the molecule is CC(C(Cn1cncn1)c1ccc(F)cc1F)N1CCn2nc(-c3cccs3)nc2C1. The second-order valence-electron chi connectivity index (χ2n) is 7.65. The van der Waals surface area contributed by atoms with Gasteiger partial charge in [-0.2, -0.15) is 5.10 Å². The number of hydrogen-bond acceptors (Lipinski definition) is 6. The fourth-order valence-electron chi connectivity index (χ4n) is 4.11. The molecule has 0 radical (unpaired) electrons. The Balaban J connectivity index is 1.42. The van der Waals surface area contributed by atoms with E-state index in [1.807, 2.05) is 22.2 Å². The van der Waals surface area contributed by atoms with Crippen LogP contribution in [0.1, 0.15) is 24.2 Å². The molecule has 3 aromatic heterocycles. The van der Waals surface area contributed by atoms with E-state index in [0.717, 1.165) is 29.1 Å². The first-order chi connectivity index (χ1) is 15.1. The lowest BCUT2D eigenvalue weighted by Gasteiger charge is -2.37. The minimum absolute atomic E-state index is 0.0419. The normalized spacial score (nSPS) is 16.2. The molecule has 10 heteroatoms. The molecule has 0 N–H and O–H groups in total. The van der Waals surface area contributed by atoms with E-state index < -0.39 is 11.6 Å². The van der Waals surface area contributed by atoms with Crippen LogP contribution in [0, 0.1) is 11.6 Å². The molecule has 4 aromatic rings. The number of benzene rings is 1. The number of halogens is 2. The van der Waals surface area contributed by atoms with Crippen molar-refractivity contribution in [3.8, 4) is 10.7 Å². The van der Waals surface area contributed by atoms with Gasteiger partial charge in [-0.1, -0.05) is 12.1 Å². The van der Waals surface area contributed by atoms with Crippen LogP contribution < -0.4 is 0 Å². The lowest BCUT2D eigenvalue weighted by Crippen LogP contribution is -2.44. The van der Waals surface area contributed by atoms with Crippen molar-refractivity contribution < 1.29 is 8.78 Å². The summed E-state index contributed by atoms with van der Waals surface area (Å²) in [6, 6.07) is 7.73. The number of aromatic nitrogens is 6. The van der Waals surface area contributed by atoms with Crippen LogP contribution in [0.2, 0.25) is 0 Å². The van der Waals surface area contributed by atoms with E-state index in [9.17, 15) is 8.78 Å². The minimum Gasteiger partial charge on any atom is -0.291 e. The van der Waals surface area contributed by atoms with Crippen molar-refractivity contribution in [1.82, 2.24) is 34.4 Å². The Hall–Kier alpha value is -2.98. The molecule has 5 rings (SSSR count). The number of thiophene rings is 1. The zero-order valence-corrected chi connectivity index (χ0v) is 17.7. The lowest BCUT2D eigenvalue weighted by atomic mass is 9.90. The Kier molecular flexibility index (Phi) is 5.33. The number of rotatable bonds is 6. The van der Waals surface area contributed by atoms with E-state index >= 15 is 0 Å². The fraction of sp³-hybridized carbons (Fsp3) is 0.333. The predicted octanol–water partition coefficient (Wildman–Crippen LogP) is 3.56. The molecule has 0 spiro atoms. The van der Waals surface area contributed by atoms with Gasteiger partial charge in [0.15, 0.2) is 5.82 Å². The van der Waals surface area contributed by atoms with Gasteiger partial charge in [-0.15, -0.1) is 16.4 Å². The van der Waals surface area contributed by atoms with Crippen LogP contribution in [0.3, 0.4) is 0 Å². The van der Waals surface area contributed by atoms with Crippen LogP contribution in [0.5, 0.6) is 0 Å². The van der Waals surface area contributed by atoms with Gasteiger partial charge in [-0.3, -0.25) is 9.58 Å². The van der Waals surface area contributed by atoms with Crippen molar-refractivity contribution in [2.45, 2.75) is 38.5 Å². The summed E-state index contributed by atoms with van der Waals surface area (Å²) in [5, 5.41) is 10.8. The highest BCUT2D eigenvalue weighted by atomic mass is 32.1. The molecular weight excluding hydrogens is 420 g/mol. The van der Waals surface area contributed by atoms with E-state index in [1.165, 1.54) is 18.5 Å². The van der Waals surface area contributed by atoms with Crippen LogP contribution in [-0.2, 0) is 19.6 Å². The summed E-state index contributed by atoms with van der Waals surface area (Å²) in [5.41, 5.74) is 0.468. The molecule has 0 saturated carbocycles. The monoisotopic (exact) mass is 441 g/mol. The Morgan fingerprint density at radius 1 is 1.19 bits per heavy atom. The van der Waals surface area contributed by atoms with Crippen LogP contribution >= 0.6 is 11.3 Å². The molecule has 2 unspecified atom stereocenters. The first-order valence-electron chi connectivity index (χ1n) is 10.1. The van der Waals surface area contributed by atoms with Gasteiger partial charge in [0.1, 0.15) is 30.1 Å². The van der Waals surface area contributed by atoms with Crippen molar-refractivity contribution in [1.29, 1.82) is 0 Å². The summed E-state index contributed by atoms with van der Waals surface area (Å²) in [4.78, 5) is 12.0. The van der Waals surface area contributed by atoms with Gasteiger partial charge in [-0.25, -0.2) is 23.4 Å². The van der Waals surface area contributed by atoms with Gasteiger partial charge in [0.2, 0.25) is 0 Å². The van der Waals surface area contributed by atoms with Crippen LogP contribution in [0.4, 0.5) is 8.78 Å². The third-order valence-electron chi connectivity index (χ3n) is 5.80. The summed E-state index contributed by atoms with van der Waals surface area (Å²) < 4.78 is 31.9. The molecule has 0 fully saturated rings. The zero-order chi connectivity index (χ0) is 21.4. The molecule has 2 atom stereocenters. The molecular formula is C21H21F2N7S. The zero-order valence-electron chi connectivity index (χ0n) is 16.9. The number of hydrogen-bond donors (Lipinski definition) is 0. The van der Waals surface area contributed by atoms with Crippen molar-refractivity contribution in [2.75, 3.05) is 6.54 Å². The van der Waals surface area contributed by atoms with E-state index in [0.29, 0.717) is 25.2 Å². The Morgan fingerprint density at radius 3 is 2.84 bits per heavy atom. The lowest BCUT2D eigenvalue weighted by molar-refractivity contribution is 0.129. The molecule has 31 heavy (non-hydrogen) atoms. The van der Waals surface area contributed by atoms with Crippen molar-refractivity contribution in [2.24, 2.45) is 0 Å². The number of fused-ring (bicyclic) bond motifs is 1. The van der Waals surface area contributed by atoms with E-state index in [-0.39, 0.29) is 12.0 Å². The standard InChI is InChI=1S/C21H21F2N7S/c1-14(17(10-29-13-24-12-25-29)16-5-4-15(22)9-18(16)23)28-6-7-30-20(11-28)26-21(27-30)19-3-2-8-31-19/h2-5,8-9,12-14,17H,6-7,10-11H2,1H3. The second kappa shape index (κ2) is 8.27. The first-order valence-corrected chi connectivity index (χ1v) is 11.0. The van der Waals surface area contributed by atoms with Gasteiger partial charge in [0.05, 0.1) is 24.5 Å². The molecule has 0 amide bonds. The topological polar surface area (TPSA) is 64.7 Å². The molecule has 1 aliphatic heterocycles. The van der Waals surface area contributed by atoms with Crippen molar-refractivity contribution in [3.05, 3.63) is 71.4 Å². The quantitative estimate of drug-likeness (QED) is 0.458. The summed E-state index contributed by atoms with van der Waals surface area (Å²) >= 11 is 1.61. The maximum Gasteiger partial charge on any atom is 0.191 e. The summed E-state index contributed by atoms with van der Waals surface area (Å²) in [5.74, 6) is 0.259. The number of nitrogens with zero attached hydrogens (tertiary/aromatic N) is 7. The fourth-order valence-corrected chi connectivity index (χ4v) is 4.76. The third-order valence-corrected chi connectivity index (χ3v) is 6.67. The predicted molar refractivity (Wildman–Crippen MR) is 112 cm³/mol. The minimum atomic E-state index is -0.583. The molecule has 1 aromatic carbocycles. The summed E-state index contributed by atoms with van der Waals surface area (Å²) in [6.45, 7) is 4.58. The van der Waals surface area contributed by atoms with Gasteiger partial charge in [0.25, 0.3) is 0 Å². The highest BCUT2D eigenvalue weighted by Crippen LogP contribution is 2.30. The average Bonchev–Trinajstić information content (AvgIpc) is 3.53. The molecule has 0 aliphatic carbocycles. The average molecular weight is 442 g/mol. The molecule has 0 bridgehead atoms. The van der Waals surface area contributed by atoms with Crippen LogP contribution in [0.15, 0.2) is 48.4 Å². The molecule has 0 saturated heterocycles. The van der Waals surface area contributed by atoms with E-state index in [2.05, 4.69) is 27.0 Å². The van der Waals surface area contributed by atoms with Crippen molar-refractivity contribution >= 4 is 11.3 Å². The Bertz CT molecular complexity index is 1160. The van der Waals surface area contributed by atoms with Gasteiger partial charge >= 0.3 is 0 Å². The van der Waals surface area contributed by atoms with Gasteiger partial charge in [0, 0.05) is 24.6 Å². The van der Waals surface area contributed by atoms with Crippen LogP contribution in [0.25, 0.3) is 10.7 Å². The van der Waals surface area contributed by atoms with Gasteiger partial charge in [-0.05, 0) is 30.0 Å². The van der Waals surface area contributed by atoms with Crippen LogP contribution in [-0.4, -0.2) is 47.0 Å². The molecule has 7 nitrogen and oxygen atoms in total. The maximum atomic E-state index is 14.7. The Morgan fingerprint density at radius 2 is 2.10 bits per heavy atom. The van der Waals surface area contributed by atoms with Crippen molar-refractivity contribution in [3.63, 3.8) is 0 Å². The molecule has 4 heterocycles. The Labute approximate surface area is 182 Å². The largest absolute Gasteiger partial charge is 0.291 e. The highest BCUT2D eigenvalue weighted by molar-refractivity contribution is 7.13. The molecule has 160 valence electrons. The first kappa shape index (κ1) is 20.0. The van der Waals surface area contributed by atoms with E-state index in [4.69, 9.17) is 4.98 Å². The smallest absolute Gasteiger partial charge is 0.191 e. The van der Waals surface area contributed by atoms with E-state index in [1.54, 1.807) is 22.3 Å². The summed E-state index contributed by atoms with van der Waals surface area (Å²) in [6.07, 6.45) is 3.07. The summed E-state index contributed by atoms with van der Waals surface area (Å²) in [7, 11) is 0. The second-order valence-corrected chi connectivity index (χ2v) is 8.60. The molecule has 1 aliphatic rings. The highest BCUT2D eigenvalue weighted by Gasteiger charge is 2.31. The maximum absolute atomic E-state index is 14.7.